The van der Waals surface area contributed by atoms with Gasteiger partial charge in [-0.2, -0.15) is 9.50 Å². The number of nitrogens with one attached hydrogen (secondary N) is 2. The van der Waals surface area contributed by atoms with Gasteiger partial charge in [-0.3, -0.25) is 14.7 Å². The number of rotatable bonds is 8. The van der Waals surface area contributed by atoms with Gasteiger partial charge in [-0.1, -0.05) is 31.2 Å². The van der Waals surface area contributed by atoms with Crippen molar-refractivity contribution in [2.75, 3.05) is 11.9 Å². The highest BCUT2D eigenvalue weighted by molar-refractivity contribution is 7.98. The number of ether oxygens (including phenoxy) is 1. The highest BCUT2D eigenvalue weighted by atomic mass is 32.2. The Labute approximate surface area is 186 Å². The van der Waals surface area contributed by atoms with Crippen molar-refractivity contribution in [3.05, 3.63) is 82.3 Å². The molecule has 0 fully saturated rings. The molecule has 4 rings (SSSR count). The molecule has 2 aromatic carbocycles. The number of para-hydroxylation sites is 2. The van der Waals surface area contributed by atoms with Gasteiger partial charge in [-0.15, -0.1) is 11.8 Å². The molecule has 8 nitrogen and oxygen atoms in total. The zero-order valence-electron chi connectivity index (χ0n) is 17.2. The lowest BCUT2D eigenvalue weighted by Crippen LogP contribution is -2.20. The normalized spacial score (nSPS) is 10.9. The number of fused-ring (bicyclic) bond motifs is 1. The fourth-order valence-corrected chi connectivity index (χ4v) is 3.84. The third kappa shape index (κ3) is 4.97. The third-order valence-corrected chi connectivity index (χ3v) is 5.60. The summed E-state index contributed by atoms with van der Waals surface area (Å²) in [7, 11) is 0. The van der Waals surface area contributed by atoms with Crippen LogP contribution in [0, 0.1) is 5.82 Å². The van der Waals surface area contributed by atoms with Gasteiger partial charge in [-0.05, 0) is 24.3 Å². The van der Waals surface area contributed by atoms with Crippen LogP contribution in [0.1, 0.15) is 18.4 Å². The van der Waals surface area contributed by atoms with Gasteiger partial charge in [0, 0.05) is 23.1 Å². The molecule has 32 heavy (non-hydrogen) atoms. The number of benzene rings is 2. The number of thioether (sulfide) groups is 1. The number of aromatic amines is 1. The molecule has 0 saturated heterocycles. The third-order valence-electron chi connectivity index (χ3n) is 4.50. The number of halogens is 1. The van der Waals surface area contributed by atoms with Crippen LogP contribution in [0.4, 0.5) is 10.1 Å². The summed E-state index contributed by atoms with van der Waals surface area (Å²) in [5, 5.41) is 5.69. The van der Waals surface area contributed by atoms with Crippen molar-refractivity contribution in [2.45, 2.75) is 24.0 Å². The van der Waals surface area contributed by atoms with Crippen molar-refractivity contribution in [1.82, 2.24) is 19.6 Å². The number of carbonyl (C=O) groups is 1. The van der Waals surface area contributed by atoms with Crippen LogP contribution in [0.3, 0.4) is 0 Å². The lowest BCUT2D eigenvalue weighted by atomic mass is 10.3. The molecule has 0 saturated carbocycles. The predicted molar refractivity (Wildman–Crippen MR) is 120 cm³/mol. The van der Waals surface area contributed by atoms with Crippen molar-refractivity contribution in [1.29, 1.82) is 0 Å². The molecule has 2 heterocycles. The zero-order chi connectivity index (χ0) is 22.5. The van der Waals surface area contributed by atoms with Crippen molar-refractivity contribution in [2.24, 2.45) is 0 Å². The molecular formula is C22H20FN5O3S. The summed E-state index contributed by atoms with van der Waals surface area (Å²) in [5.41, 5.74) is 0.938. The molecule has 2 N–H and O–H groups in total. The quantitative estimate of drug-likeness (QED) is 0.397. The highest BCUT2D eigenvalue weighted by Crippen LogP contribution is 2.29. The van der Waals surface area contributed by atoms with Crippen LogP contribution in [0.25, 0.3) is 5.78 Å². The van der Waals surface area contributed by atoms with E-state index in [0.29, 0.717) is 35.2 Å². The van der Waals surface area contributed by atoms with E-state index in [9.17, 15) is 14.0 Å². The Morgan fingerprint density at radius 2 is 1.97 bits per heavy atom. The maximum absolute atomic E-state index is 13.6. The van der Waals surface area contributed by atoms with E-state index in [2.05, 4.69) is 20.4 Å². The Bertz CT molecular complexity index is 1320. The van der Waals surface area contributed by atoms with Crippen LogP contribution in [-0.4, -0.2) is 32.1 Å². The van der Waals surface area contributed by atoms with Crippen LogP contribution >= 0.6 is 11.8 Å². The van der Waals surface area contributed by atoms with E-state index < -0.39 is 11.7 Å². The van der Waals surface area contributed by atoms with Crippen LogP contribution in [0.2, 0.25) is 0 Å². The van der Waals surface area contributed by atoms with Crippen molar-refractivity contribution < 1.29 is 13.9 Å². The summed E-state index contributed by atoms with van der Waals surface area (Å²) >= 11 is 1.42. The minimum atomic E-state index is -0.528. The molecule has 1 amide bonds. The number of amides is 1. The van der Waals surface area contributed by atoms with Crippen molar-refractivity contribution in [3.63, 3.8) is 0 Å². The summed E-state index contributed by atoms with van der Waals surface area (Å²) in [5.74, 6) is 0.505. The molecule has 0 bridgehead atoms. The number of H-pyrrole nitrogens is 1. The number of carbonyl (C=O) groups excluding carboxylic acids is 1. The number of nitrogens with zero attached hydrogens (tertiary/aromatic N) is 3. The molecule has 0 atom stereocenters. The van der Waals surface area contributed by atoms with E-state index in [1.165, 1.54) is 34.5 Å². The van der Waals surface area contributed by atoms with E-state index >= 15 is 0 Å². The summed E-state index contributed by atoms with van der Waals surface area (Å²) in [6.07, 6.45) is 0.667. The zero-order valence-corrected chi connectivity index (χ0v) is 18.0. The summed E-state index contributed by atoms with van der Waals surface area (Å²) in [4.78, 5) is 34.2. The fraction of sp³-hybridized carbons (Fsp3) is 0.182. The second kappa shape index (κ2) is 9.65. The first-order chi connectivity index (χ1) is 15.5. The van der Waals surface area contributed by atoms with Gasteiger partial charge in [0.1, 0.15) is 5.82 Å². The van der Waals surface area contributed by atoms with Gasteiger partial charge >= 0.3 is 0 Å². The van der Waals surface area contributed by atoms with E-state index in [1.54, 1.807) is 24.3 Å². The Morgan fingerprint density at radius 1 is 1.19 bits per heavy atom. The SMILES string of the molecule is CCc1nc2nc(CSc3ccccc3NC(=O)COc3ccccc3F)cc(=O)n2[nH]1. The number of aromatic nitrogens is 4. The fourth-order valence-electron chi connectivity index (χ4n) is 2.94. The number of hydrogen-bond donors (Lipinski definition) is 2. The highest BCUT2D eigenvalue weighted by Gasteiger charge is 2.12. The monoisotopic (exact) mass is 453 g/mol. The minimum absolute atomic E-state index is 0.0164. The van der Waals surface area contributed by atoms with Gasteiger partial charge in [0.15, 0.2) is 18.2 Å². The topological polar surface area (TPSA) is 101 Å². The van der Waals surface area contributed by atoms with E-state index in [-0.39, 0.29) is 17.9 Å². The molecule has 4 aromatic rings. The van der Waals surface area contributed by atoms with Crippen LogP contribution in [-0.2, 0) is 17.0 Å². The van der Waals surface area contributed by atoms with Crippen LogP contribution in [0.15, 0.2) is 64.3 Å². The first-order valence-corrected chi connectivity index (χ1v) is 10.9. The number of anilines is 1. The largest absolute Gasteiger partial charge is 0.481 e. The Hall–Kier alpha value is -3.66. The van der Waals surface area contributed by atoms with E-state index in [1.807, 2.05) is 19.1 Å². The molecule has 0 spiro atoms. The van der Waals surface area contributed by atoms with Crippen LogP contribution < -0.4 is 15.6 Å². The standard InChI is InChI=1S/C22H20FN5O3S/c1-2-19-26-22-24-14(11-21(30)28(22)27-19)13-32-18-10-6-4-8-16(18)25-20(29)12-31-17-9-5-3-7-15(17)23/h3-11H,2,12-13H2,1H3,(H,25,29)(H,24,26,27). The van der Waals surface area contributed by atoms with Crippen LogP contribution in [0.5, 0.6) is 5.75 Å². The molecule has 0 aliphatic carbocycles. The maximum atomic E-state index is 13.6. The number of hydrogen-bond acceptors (Lipinski definition) is 6. The molecule has 10 heteroatoms. The smallest absolute Gasteiger partial charge is 0.274 e. The minimum Gasteiger partial charge on any atom is -0.481 e. The van der Waals surface area contributed by atoms with Gasteiger partial charge < -0.3 is 10.1 Å². The van der Waals surface area contributed by atoms with Gasteiger partial charge in [0.25, 0.3) is 17.2 Å². The lowest BCUT2D eigenvalue weighted by molar-refractivity contribution is -0.118. The molecule has 0 radical (unpaired) electrons. The summed E-state index contributed by atoms with van der Waals surface area (Å²) in [6.45, 7) is 1.61. The molecular weight excluding hydrogens is 433 g/mol. The number of aryl methyl sites for hydroxylation is 1. The summed E-state index contributed by atoms with van der Waals surface area (Å²) in [6, 6.07) is 14.6. The van der Waals surface area contributed by atoms with Gasteiger partial charge in [-0.25, -0.2) is 9.37 Å². The van der Waals surface area contributed by atoms with Gasteiger partial charge in [0.2, 0.25) is 0 Å². The van der Waals surface area contributed by atoms with E-state index in [4.69, 9.17) is 4.74 Å². The van der Waals surface area contributed by atoms with Crippen molar-refractivity contribution in [3.8, 4) is 5.75 Å². The van der Waals surface area contributed by atoms with E-state index in [0.717, 1.165) is 4.90 Å². The Kier molecular flexibility index (Phi) is 6.50. The van der Waals surface area contributed by atoms with Crippen molar-refractivity contribution >= 4 is 29.1 Å². The summed E-state index contributed by atoms with van der Waals surface area (Å²) < 4.78 is 20.2. The Balaban J connectivity index is 1.42. The first kappa shape index (κ1) is 21.6. The molecule has 0 aliphatic heterocycles. The Morgan fingerprint density at radius 3 is 2.78 bits per heavy atom. The molecule has 0 aliphatic rings. The average Bonchev–Trinajstić information content (AvgIpc) is 3.22. The first-order valence-electron chi connectivity index (χ1n) is 9.90. The molecule has 0 unspecified atom stereocenters. The predicted octanol–water partition coefficient (Wildman–Crippen LogP) is 3.43. The average molecular weight is 453 g/mol. The molecule has 164 valence electrons. The maximum Gasteiger partial charge on any atom is 0.274 e. The molecule has 2 aromatic heterocycles. The second-order valence-corrected chi connectivity index (χ2v) is 7.81. The second-order valence-electron chi connectivity index (χ2n) is 6.80. The lowest BCUT2D eigenvalue weighted by Gasteiger charge is -2.11. The van der Waals surface area contributed by atoms with Gasteiger partial charge in [0.05, 0.1) is 11.4 Å².